The molecule has 0 bridgehead atoms. The maximum atomic E-state index is 12.1. The maximum absolute atomic E-state index is 12.1. The minimum atomic E-state index is -0.428. The van der Waals surface area contributed by atoms with E-state index in [0.29, 0.717) is 11.3 Å². The average molecular weight is 388 g/mol. The number of benzene rings is 2. The van der Waals surface area contributed by atoms with E-state index in [9.17, 15) is 4.79 Å². The molecule has 2 aromatic carbocycles. The molecule has 0 N–H and O–H groups in total. The van der Waals surface area contributed by atoms with Gasteiger partial charge in [-0.1, -0.05) is 19.8 Å². The van der Waals surface area contributed by atoms with Crippen LogP contribution in [0.4, 0.5) is 5.69 Å². The van der Waals surface area contributed by atoms with Crippen LogP contribution in [0.3, 0.4) is 0 Å². The quantitative estimate of drug-likeness (QED) is 0.271. The summed E-state index contributed by atoms with van der Waals surface area (Å²) in [6.07, 6.45) is 8.35. The van der Waals surface area contributed by atoms with Gasteiger partial charge in [-0.2, -0.15) is 0 Å². The number of ether oxygens (including phenoxy) is 2. The Kier molecular flexibility index (Phi) is 7.52. The van der Waals surface area contributed by atoms with Crippen LogP contribution < -0.4 is 9.47 Å². The number of hydrogen-bond donors (Lipinski definition) is 0. The summed E-state index contributed by atoms with van der Waals surface area (Å²) in [4.78, 5) is 20.5. The van der Waals surface area contributed by atoms with Crippen LogP contribution in [0.15, 0.2) is 78.0 Å². The first-order valence-corrected chi connectivity index (χ1v) is 9.74. The van der Waals surface area contributed by atoms with Crippen molar-refractivity contribution in [2.75, 3.05) is 6.61 Å². The van der Waals surface area contributed by atoms with Crippen LogP contribution >= 0.6 is 0 Å². The molecule has 5 nitrogen and oxygen atoms in total. The third-order valence-electron chi connectivity index (χ3n) is 4.21. The van der Waals surface area contributed by atoms with Gasteiger partial charge in [-0.3, -0.25) is 9.98 Å². The number of carbonyl (C=O) groups excluding carboxylic acids is 1. The topological polar surface area (TPSA) is 60.8 Å². The van der Waals surface area contributed by atoms with Gasteiger partial charge in [0.05, 0.1) is 24.1 Å². The lowest BCUT2D eigenvalue weighted by Gasteiger charge is -2.05. The van der Waals surface area contributed by atoms with Crippen LogP contribution in [0.1, 0.15) is 42.1 Å². The fraction of sp³-hybridized carbons (Fsp3) is 0.208. The smallest absolute Gasteiger partial charge is 0.343 e. The Morgan fingerprint density at radius 1 is 1.00 bits per heavy atom. The third-order valence-corrected chi connectivity index (χ3v) is 4.21. The van der Waals surface area contributed by atoms with Crippen LogP contribution in [0.2, 0.25) is 0 Å². The predicted octanol–water partition coefficient (Wildman–Crippen LogP) is 5.62. The second-order valence-electron chi connectivity index (χ2n) is 6.51. The van der Waals surface area contributed by atoms with Crippen LogP contribution in [-0.4, -0.2) is 23.8 Å². The van der Waals surface area contributed by atoms with E-state index in [1.807, 2.05) is 24.3 Å². The molecule has 0 aliphatic heterocycles. The van der Waals surface area contributed by atoms with Gasteiger partial charge < -0.3 is 9.47 Å². The third kappa shape index (κ3) is 6.57. The Labute approximate surface area is 171 Å². The van der Waals surface area contributed by atoms with Crippen molar-refractivity contribution in [2.24, 2.45) is 4.99 Å². The van der Waals surface area contributed by atoms with Crippen LogP contribution in [0.25, 0.3) is 0 Å². The number of carbonyl (C=O) groups is 1. The molecule has 0 unspecified atom stereocenters. The second kappa shape index (κ2) is 10.8. The van der Waals surface area contributed by atoms with E-state index in [-0.39, 0.29) is 0 Å². The molecule has 5 heteroatoms. The fourth-order valence-electron chi connectivity index (χ4n) is 2.60. The minimum absolute atomic E-state index is 0.414. The van der Waals surface area contributed by atoms with Gasteiger partial charge in [0.25, 0.3) is 0 Å². The number of nitrogens with zero attached hydrogens (tertiary/aromatic N) is 2. The zero-order chi connectivity index (χ0) is 20.3. The van der Waals surface area contributed by atoms with E-state index in [4.69, 9.17) is 9.47 Å². The van der Waals surface area contributed by atoms with Crippen molar-refractivity contribution >= 4 is 17.9 Å². The van der Waals surface area contributed by atoms with Gasteiger partial charge in [0.15, 0.2) is 0 Å². The van der Waals surface area contributed by atoms with Gasteiger partial charge in [-0.05, 0) is 72.6 Å². The summed E-state index contributed by atoms with van der Waals surface area (Å²) in [5, 5.41) is 0. The Balaban J connectivity index is 1.53. The first kappa shape index (κ1) is 20.3. The van der Waals surface area contributed by atoms with E-state index in [1.54, 1.807) is 48.8 Å². The summed E-state index contributed by atoms with van der Waals surface area (Å²) in [7, 11) is 0. The summed E-state index contributed by atoms with van der Waals surface area (Å²) in [6, 6.07) is 18.2. The van der Waals surface area contributed by atoms with E-state index in [2.05, 4.69) is 16.9 Å². The van der Waals surface area contributed by atoms with E-state index >= 15 is 0 Å². The van der Waals surface area contributed by atoms with E-state index < -0.39 is 5.97 Å². The summed E-state index contributed by atoms with van der Waals surface area (Å²) in [5.41, 5.74) is 2.19. The molecule has 29 heavy (non-hydrogen) atoms. The van der Waals surface area contributed by atoms with Crippen molar-refractivity contribution < 1.29 is 14.3 Å². The standard InChI is InChI=1S/C24H24N2O3/c1-2-3-4-16-28-22-13-7-19(8-14-22)17-26-21-11-9-20(10-12-21)24(27)29-23-6-5-15-25-18-23/h5-15,17-18H,2-4,16H2,1H3. The Bertz CT molecular complexity index is 921. The molecule has 148 valence electrons. The molecule has 0 saturated heterocycles. The number of rotatable bonds is 9. The van der Waals surface area contributed by atoms with E-state index in [1.165, 1.54) is 19.0 Å². The van der Waals surface area contributed by atoms with Gasteiger partial charge in [-0.15, -0.1) is 0 Å². The van der Waals surface area contributed by atoms with Gasteiger partial charge in [0.1, 0.15) is 11.5 Å². The molecule has 0 aliphatic carbocycles. The lowest BCUT2D eigenvalue weighted by Crippen LogP contribution is -2.08. The molecule has 0 radical (unpaired) electrons. The zero-order valence-electron chi connectivity index (χ0n) is 16.5. The molecule has 0 spiro atoms. The van der Waals surface area contributed by atoms with Crippen molar-refractivity contribution in [2.45, 2.75) is 26.2 Å². The van der Waals surface area contributed by atoms with Crippen molar-refractivity contribution in [3.05, 3.63) is 84.2 Å². The first-order valence-electron chi connectivity index (χ1n) is 9.74. The van der Waals surface area contributed by atoms with Gasteiger partial charge in [0, 0.05) is 12.4 Å². The molecule has 3 aromatic rings. The highest BCUT2D eigenvalue weighted by Gasteiger charge is 2.08. The highest BCUT2D eigenvalue weighted by molar-refractivity contribution is 5.91. The highest BCUT2D eigenvalue weighted by atomic mass is 16.5. The largest absolute Gasteiger partial charge is 0.494 e. The number of hydrogen-bond acceptors (Lipinski definition) is 5. The Morgan fingerprint density at radius 2 is 1.79 bits per heavy atom. The van der Waals surface area contributed by atoms with Crippen molar-refractivity contribution in [1.82, 2.24) is 4.98 Å². The van der Waals surface area contributed by atoms with E-state index in [0.717, 1.165) is 30.0 Å². The predicted molar refractivity (Wildman–Crippen MR) is 114 cm³/mol. The van der Waals surface area contributed by atoms with Crippen molar-refractivity contribution in [3.63, 3.8) is 0 Å². The number of aliphatic imine (C=N–C) groups is 1. The van der Waals surface area contributed by atoms with Crippen LogP contribution in [0.5, 0.6) is 11.5 Å². The summed E-state index contributed by atoms with van der Waals surface area (Å²) < 4.78 is 11.0. The molecule has 0 aliphatic rings. The first-order chi connectivity index (χ1) is 14.2. The Hall–Kier alpha value is -3.47. The molecule has 0 saturated carbocycles. The van der Waals surface area contributed by atoms with Gasteiger partial charge in [0.2, 0.25) is 0 Å². The van der Waals surface area contributed by atoms with Crippen molar-refractivity contribution in [3.8, 4) is 11.5 Å². The lowest BCUT2D eigenvalue weighted by atomic mass is 10.2. The summed E-state index contributed by atoms with van der Waals surface area (Å²) >= 11 is 0. The monoisotopic (exact) mass is 388 g/mol. The second-order valence-corrected chi connectivity index (χ2v) is 6.51. The lowest BCUT2D eigenvalue weighted by molar-refractivity contribution is 0.0734. The average Bonchev–Trinajstić information content (AvgIpc) is 2.77. The van der Waals surface area contributed by atoms with Gasteiger partial charge in [-0.25, -0.2) is 4.79 Å². The minimum Gasteiger partial charge on any atom is -0.494 e. The maximum Gasteiger partial charge on any atom is 0.343 e. The number of aromatic nitrogens is 1. The summed E-state index contributed by atoms with van der Waals surface area (Å²) in [5.74, 6) is 0.857. The molecular formula is C24H24N2O3. The SMILES string of the molecule is CCCCCOc1ccc(C=Nc2ccc(C(=O)Oc3cccnc3)cc2)cc1. The zero-order valence-corrected chi connectivity index (χ0v) is 16.5. The molecule has 0 amide bonds. The normalized spacial score (nSPS) is 10.8. The number of esters is 1. The molecule has 1 aromatic heterocycles. The van der Waals surface area contributed by atoms with Gasteiger partial charge >= 0.3 is 5.97 Å². The van der Waals surface area contributed by atoms with Crippen LogP contribution in [-0.2, 0) is 0 Å². The molecular weight excluding hydrogens is 364 g/mol. The van der Waals surface area contributed by atoms with Crippen molar-refractivity contribution in [1.29, 1.82) is 0 Å². The summed E-state index contributed by atoms with van der Waals surface area (Å²) in [6.45, 7) is 2.92. The highest BCUT2D eigenvalue weighted by Crippen LogP contribution is 2.17. The molecule has 1 heterocycles. The Morgan fingerprint density at radius 3 is 2.48 bits per heavy atom. The fourth-order valence-corrected chi connectivity index (χ4v) is 2.60. The molecule has 3 rings (SSSR count). The number of unbranched alkanes of at least 4 members (excludes halogenated alkanes) is 2. The van der Waals surface area contributed by atoms with Crippen LogP contribution in [0, 0.1) is 0 Å². The molecule has 0 fully saturated rings. The molecule has 0 atom stereocenters. The number of pyridine rings is 1.